The van der Waals surface area contributed by atoms with Crippen molar-refractivity contribution in [3.8, 4) is 11.4 Å². The minimum absolute atomic E-state index is 0.0543. The Labute approximate surface area is 164 Å². The van der Waals surface area contributed by atoms with Gasteiger partial charge in [0.25, 0.3) is 5.56 Å². The monoisotopic (exact) mass is 381 g/mol. The lowest BCUT2D eigenvalue weighted by atomic mass is 10.1. The van der Waals surface area contributed by atoms with Crippen molar-refractivity contribution in [2.24, 2.45) is 0 Å². The third-order valence-electron chi connectivity index (χ3n) is 4.36. The normalized spacial score (nSPS) is 11.5. The molecule has 148 valence electrons. The lowest BCUT2D eigenvalue weighted by Crippen LogP contribution is -2.23. The van der Waals surface area contributed by atoms with Crippen LogP contribution in [0.2, 0.25) is 0 Å². The predicted octanol–water partition coefficient (Wildman–Crippen LogP) is 3.48. The number of aryl methyl sites for hydroxylation is 2. The SMILES string of the molecule is C=C(C)Cn1nc(COC(C)C)nc1-c1ccc2c(c1)nc(C)c(=O)n2CC. The third-order valence-corrected chi connectivity index (χ3v) is 4.36. The summed E-state index contributed by atoms with van der Waals surface area (Å²) in [5.41, 5.74) is 3.89. The molecule has 0 N–H and O–H groups in total. The highest BCUT2D eigenvalue weighted by atomic mass is 16.5. The number of rotatable bonds is 7. The van der Waals surface area contributed by atoms with Crippen LogP contribution in [-0.4, -0.2) is 30.4 Å². The maximum absolute atomic E-state index is 12.3. The molecular weight excluding hydrogens is 354 g/mol. The number of ether oxygens (including phenoxy) is 1. The summed E-state index contributed by atoms with van der Waals surface area (Å²) >= 11 is 0. The molecule has 0 spiro atoms. The van der Waals surface area contributed by atoms with Gasteiger partial charge in [-0.2, -0.15) is 5.10 Å². The summed E-state index contributed by atoms with van der Waals surface area (Å²) in [5.74, 6) is 1.37. The van der Waals surface area contributed by atoms with E-state index in [1.807, 2.05) is 50.6 Å². The Bertz CT molecular complexity index is 1080. The summed E-state index contributed by atoms with van der Waals surface area (Å²) in [6.45, 7) is 15.1. The van der Waals surface area contributed by atoms with Crippen LogP contribution in [0.5, 0.6) is 0 Å². The first-order chi connectivity index (χ1) is 13.3. The molecule has 0 aliphatic carbocycles. The van der Waals surface area contributed by atoms with Crippen LogP contribution in [0.3, 0.4) is 0 Å². The van der Waals surface area contributed by atoms with Gasteiger partial charge in [0.1, 0.15) is 12.3 Å². The molecule has 2 aromatic heterocycles. The highest BCUT2D eigenvalue weighted by Crippen LogP contribution is 2.23. The zero-order valence-corrected chi connectivity index (χ0v) is 17.2. The number of nitrogens with zero attached hydrogens (tertiary/aromatic N) is 5. The van der Waals surface area contributed by atoms with Crippen molar-refractivity contribution in [1.29, 1.82) is 0 Å². The summed E-state index contributed by atoms with van der Waals surface area (Å²) in [4.78, 5) is 21.5. The Morgan fingerprint density at radius 3 is 2.68 bits per heavy atom. The number of fused-ring (bicyclic) bond motifs is 1. The Hall–Kier alpha value is -2.80. The predicted molar refractivity (Wildman–Crippen MR) is 110 cm³/mol. The fourth-order valence-corrected chi connectivity index (χ4v) is 3.10. The standard InChI is InChI=1S/C21H27N5O2/c1-7-25-18-9-8-16(10-17(18)22-15(6)21(25)27)20-23-19(12-28-14(4)5)24-26(20)11-13(2)3/h8-10,14H,2,7,11-12H2,1,3-6H3. The van der Waals surface area contributed by atoms with E-state index in [2.05, 4.69) is 21.6 Å². The van der Waals surface area contributed by atoms with Gasteiger partial charge in [0.15, 0.2) is 11.6 Å². The van der Waals surface area contributed by atoms with Crippen molar-refractivity contribution in [2.75, 3.05) is 0 Å². The van der Waals surface area contributed by atoms with E-state index in [0.717, 1.165) is 28.0 Å². The number of aromatic nitrogens is 5. The minimum atomic E-state index is -0.0543. The van der Waals surface area contributed by atoms with Gasteiger partial charge in [-0.15, -0.1) is 0 Å². The van der Waals surface area contributed by atoms with Crippen molar-refractivity contribution < 1.29 is 4.74 Å². The topological polar surface area (TPSA) is 74.8 Å². The lowest BCUT2D eigenvalue weighted by Gasteiger charge is -2.10. The van der Waals surface area contributed by atoms with Gasteiger partial charge >= 0.3 is 0 Å². The fourth-order valence-electron chi connectivity index (χ4n) is 3.10. The highest BCUT2D eigenvalue weighted by Gasteiger charge is 2.15. The average Bonchev–Trinajstić information content (AvgIpc) is 3.03. The number of hydrogen-bond acceptors (Lipinski definition) is 5. The zero-order chi connectivity index (χ0) is 20.4. The number of benzene rings is 1. The molecule has 0 aliphatic heterocycles. The number of hydrogen-bond donors (Lipinski definition) is 0. The molecular formula is C21H27N5O2. The van der Waals surface area contributed by atoms with Crippen LogP contribution in [0.15, 0.2) is 35.1 Å². The maximum Gasteiger partial charge on any atom is 0.272 e. The molecule has 28 heavy (non-hydrogen) atoms. The molecule has 3 rings (SSSR count). The molecule has 1 aromatic carbocycles. The van der Waals surface area contributed by atoms with Crippen LogP contribution in [-0.2, 0) is 24.4 Å². The van der Waals surface area contributed by atoms with Crippen molar-refractivity contribution in [3.63, 3.8) is 0 Å². The first-order valence-corrected chi connectivity index (χ1v) is 9.51. The molecule has 0 saturated carbocycles. The smallest absolute Gasteiger partial charge is 0.272 e. The van der Waals surface area contributed by atoms with Gasteiger partial charge in [-0.3, -0.25) is 4.79 Å². The van der Waals surface area contributed by atoms with Gasteiger partial charge in [-0.05, 0) is 52.8 Å². The zero-order valence-electron chi connectivity index (χ0n) is 17.2. The minimum Gasteiger partial charge on any atom is -0.371 e. The molecule has 0 atom stereocenters. The van der Waals surface area contributed by atoms with E-state index in [1.165, 1.54) is 0 Å². The third kappa shape index (κ3) is 4.04. The van der Waals surface area contributed by atoms with E-state index >= 15 is 0 Å². The Morgan fingerprint density at radius 2 is 2.04 bits per heavy atom. The van der Waals surface area contributed by atoms with E-state index in [0.29, 0.717) is 31.2 Å². The maximum atomic E-state index is 12.3. The summed E-state index contributed by atoms with van der Waals surface area (Å²) in [5, 5.41) is 4.59. The van der Waals surface area contributed by atoms with Crippen molar-refractivity contribution in [3.05, 3.63) is 52.2 Å². The van der Waals surface area contributed by atoms with E-state index in [9.17, 15) is 4.79 Å². The van der Waals surface area contributed by atoms with Gasteiger partial charge in [-0.25, -0.2) is 14.6 Å². The van der Waals surface area contributed by atoms with E-state index in [4.69, 9.17) is 4.74 Å². The summed E-state index contributed by atoms with van der Waals surface area (Å²) in [6.07, 6.45) is 0.107. The quantitative estimate of drug-likeness (QED) is 0.586. The van der Waals surface area contributed by atoms with Crippen molar-refractivity contribution in [2.45, 2.75) is 60.4 Å². The first kappa shape index (κ1) is 19.9. The molecule has 0 aliphatic rings. The molecule has 0 fully saturated rings. The number of allylic oxidation sites excluding steroid dienone is 1. The van der Waals surface area contributed by atoms with E-state index in [1.54, 1.807) is 11.5 Å². The highest BCUT2D eigenvalue weighted by molar-refractivity contribution is 5.80. The van der Waals surface area contributed by atoms with Crippen LogP contribution in [0.4, 0.5) is 0 Å². The van der Waals surface area contributed by atoms with Crippen LogP contribution < -0.4 is 5.56 Å². The first-order valence-electron chi connectivity index (χ1n) is 9.51. The lowest BCUT2D eigenvalue weighted by molar-refractivity contribution is 0.0612. The summed E-state index contributed by atoms with van der Waals surface area (Å²) < 4.78 is 9.23. The molecule has 3 aromatic rings. The van der Waals surface area contributed by atoms with Gasteiger partial charge in [0.05, 0.1) is 23.7 Å². The second-order valence-corrected chi connectivity index (χ2v) is 7.28. The largest absolute Gasteiger partial charge is 0.371 e. The summed E-state index contributed by atoms with van der Waals surface area (Å²) in [7, 11) is 0. The molecule has 0 saturated heterocycles. The Morgan fingerprint density at radius 1 is 1.29 bits per heavy atom. The second-order valence-electron chi connectivity index (χ2n) is 7.28. The van der Waals surface area contributed by atoms with Crippen molar-refractivity contribution >= 4 is 11.0 Å². The Kier molecular flexibility index (Phi) is 5.74. The molecule has 7 heteroatoms. The molecule has 2 heterocycles. The van der Waals surface area contributed by atoms with Crippen LogP contribution in [0, 0.1) is 6.92 Å². The van der Waals surface area contributed by atoms with Crippen LogP contribution >= 0.6 is 0 Å². The van der Waals surface area contributed by atoms with Gasteiger partial charge in [-0.1, -0.05) is 12.2 Å². The van der Waals surface area contributed by atoms with Crippen LogP contribution in [0.25, 0.3) is 22.4 Å². The van der Waals surface area contributed by atoms with Crippen LogP contribution in [0.1, 0.15) is 39.2 Å². The van der Waals surface area contributed by atoms with E-state index in [-0.39, 0.29) is 11.7 Å². The summed E-state index contributed by atoms with van der Waals surface area (Å²) in [6, 6.07) is 5.84. The van der Waals surface area contributed by atoms with E-state index < -0.39 is 0 Å². The molecule has 7 nitrogen and oxygen atoms in total. The average molecular weight is 381 g/mol. The van der Waals surface area contributed by atoms with Gasteiger partial charge < -0.3 is 9.30 Å². The second kappa shape index (κ2) is 8.06. The molecule has 0 unspecified atom stereocenters. The van der Waals surface area contributed by atoms with Gasteiger partial charge in [0, 0.05) is 12.1 Å². The van der Waals surface area contributed by atoms with Crippen molar-refractivity contribution in [1.82, 2.24) is 24.3 Å². The molecule has 0 radical (unpaired) electrons. The molecule has 0 amide bonds. The van der Waals surface area contributed by atoms with Gasteiger partial charge in [0.2, 0.25) is 0 Å². The Balaban J connectivity index is 2.11. The fraction of sp³-hybridized carbons (Fsp3) is 0.429. The molecule has 0 bridgehead atoms.